The Labute approximate surface area is 182 Å². The molecular weight excluding hydrogens is 427 g/mol. The van der Waals surface area contributed by atoms with Gasteiger partial charge in [-0.25, -0.2) is 9.37 Å². The van der Waals surface area contributed by atoms with E-state index in [-0.39, 0.29) is 18.1 Å². The minimum Gasteiger partial charge on any atom is -0.490 e. The van der Waals surface area contributed by atoms with Gasteiger partial charge in [-0.1, -0.05) is 23.7 Å². The molecule has 0 aliphatic heterocycles. The van der Waals surface area contributed by atoms with Crippen LogP contribution in [0, 0.1) is 15.9 Å². The number of anilines is 1. The van der Waals surface area contributed by atoms with Crippen LogP contribution in [0.3, 0.4) is 0 Å². The second-order valence-electron chi connectivity index (χ2n) is 6.21. The van der Waals surface area contributed by atoms with E-state index in [2.05, 4.69) is 15.5 Å². The Morgan fingerprint density at radius 3 is 2.65 bits per heavy atom. The maximum atomic E-state index is 13.1. The van der Waals surface area contributed by atoms with Crippen LogP contribution in [0.15, 0.2) is 59.8 Å². The van der Waals surface area contributed by atoms with Crippen molar-refractivity contribution < 1.29 is 18.8 Å². The Balaban J connectivity index is 1.71. The second-order valence-corrected chi connectivity index (χ2v) is 6.61. The lowest BCUT2D eigenvalue weighted by molar-refractivity contribution is -0.385. The Bertz CT molecular complexity index is 1080. The number of benzene rings is 2. The molecule has 0 bridgehead atoms. The number of nitro groups is 1. The van der Waals surface area contributed by atoms with Gasteiger partial charge < -0.3 is 9.47 Å². The molecule has 31 heavy (non-hydrogen) atoms. The Hall–Kier alpha value is -3.72. The standard InChI is InChI=1S/C21H18ClFN4O4/c1-2-30-19-10-15(11-25-26-20-8-7-17(12-24-20)27(28)29)9-18(22)21(19)31-13-14-3-5-16(23)6-4-14/h3-12H,2,13H2,1H3,(H,24,26)/b25-11+. The van der Waals surface area contributed by atoms with Crippen LogP contribution in [0.2, 0.25) is 5.02 Å². The van der Waals surface area contributed by atoms with Crippen molar-refractivity contribution in [3.63, 3.8) is 0 Å². The normalized spacial score (nSPS) is 10.8. The van der Waals surface area contributed by atoms with Crippen molar-refractivity contribution in [1.82, 2.24) is 4.98 Å². The van der Waals surface area contributed by atoms with Gasteiger partial charge in [-0.3, -0.25) is 15.5 Å². The van der Waals surface area contributed by atoms with Crippen LogP contribution in [-0.2, 0) is 6.61 Å². The molecule has 0 fully saturated rings. The SMILES string of the molecule is CCOc1cc(/C=N/Nc2ccc([N+](=O)[O-])cn2)cc(Cl)c1OCc1ccc(F)cc1. The molecule has 1 N–H and O–H groups in total. The predicted molar refractivity (Wildman–Crippen MR) is 115 cm³/mol. The lowest BCUT2D eigenvalue weighted by atomic mass is 10.2. The zero-order chi connectivity index (χ0) is 22.2. The molecule has 1 aromatic heterocycles. The van der Waals surface area contributed by atoms with Crippen LogP contribution in [0.25, 0.3) is 0 Å². The molecule has 160 valence electrons. The summed E-state index contributed by atoms with van der Waals surface area (Å²) in [7, 11) is 0. The number of pyridine rings is 1. The maximum absolute atomic E-state index is 13.1. The number of rotatable bonds is 9. The number of hydrogen-bond acceptors (Lipinski definition) is 7. The largest absolute Gasteiger partial charge is 0.490 e. The number of aromatic nitrogens is 1. The quantitative estimate of drug-likeness (QED) is 0.276. The number of hydrazone groups is 1. The highest BCUT2D eigenvalue weighted by atomic mass is 35.5. The van der Waals surface area contributed by atoms with Gasteiger partial charge in [0, 0.05) is 6.07 Å². The monoisotopic (exact) mass is 444 g/mol. The highest BCUT2D eigenvalue weighted by molar-refractivity contribution is 6.32. The van der Waals surface area contributed by atoms with E-state index in [4.69, 9.17) is 21.1 Å². The van der Waals surface area contributed by atoms with Gasteiger partial charge in [-0.2, -0.15) is 5.10 Å². The van der Waals surface area contributed by atoms with E-state index < -0.39 is 4.92 Å². The van der Waals surface area contributed by atoms with Crippen LogP contribution in [-0.4, -0.2) is 22.7 Å². The molecular formula is C21H18ClFN4O4. The van der Waals surface area contributed by atoms with Gasteiger partial charge in [0.1, 0.15) is 24.4 Å². The summed E-state index contributed by atoms with van der Waals surface area (Å²) in [6, 6.07) is 12.1. The molecule has 0 unspecified atom stereocenters. The van der Waals surface area contributed by atoms with E-state index in [9.17, 15) is 14.5 Å². The second kappa shape index (κ2) is 10.4. The van der Waals surface area contributed by atoms with Crippen molar-refractivity contribution in [3.05, 3.63) is 86.8 Å². The summed E-state index contributed by atoms with van der Waals surface area (Å²) in [4.78, 5) is 14.0. The van der Waals surface area contributed by atoms with Crippen molar-refractivity contribution >= 4 is 29.3 Å². The molecule has 0 aliphatic rings. The first-order valence-electron chi connectivity index (χ1n) is 9.19. The molecule has 10 heteroatoms. The maximum Gasteiger partial charge on any atom is 0.287 e. The third-order valence-electron chi connectivity index (χ3n) is 3.98. The summed E-state index contributed by atoms with van der Waals surface area (Å²) >= 11 is 6.38. The zero-order valence-corrected chi connectivity index (χ0v) is 17.2. The van der Waals surface area contributed by atoms with E-state index in [1.54, 1.807) is 24.3 Å². The van der Waals surface area contributed by atoms with Crippen molar-refractivity contribution in [3.8, 4) is 11.5 Å². The first kappa shape index (κ1) is 22.0. The highest BCUT2D eigenvalue weighted by Crippen LogP contribution is 2.37. The summed E-state index contributed by atoms with van der Waals surface area (Å²) in [5, 5.41) is 15.0. The van der Waals surface area contributed by atoms with E-state index in [0.29, 0.717) is 34.5 Å². The van der Waals surface area contributed by atoms with E-state index >= 15 is 0 Å². The number of halogens is 2. The van der Waals surface area contributed by atoms with Crippen LogP contribution >= 0.6 is 11.6 Å². The predicted octanol–water partition coefficient (Wildman–Crippen LogP) is 5.21. The number of nitrogens with one attached hydrogen (secondary N) is 1. The minimum atomic E-state index is -0.531. The van der Waals surface area contributed by atoms with Crippen LogP contribution in [0.5, 0.6) is 11.5 Å². The van der Waals surface area contributed by atoms with E-state index in [1.807, 2.05) is 6.92 Å². The Morgan fingerprint density at radius 1 is 1.23 bits per heavy atom. The van der Waals surface area contributed by atoms with Crippen molar-refractivity contribution in [2.75, 3.05) is 12.0 Å². The number of nitrogens with zero attached hydrogens (tertiary/aromatic N) is 3. The molecule has 0 amide bonds. The molecule has 2 aromatic carbocycles. The van der Waals surface area contributed by atoms with E-state index in [1.165, 1.54) is 30.5 Å². The lowest BCUT2D eigenvalue weighted by Crippen LogP contribution is -2.02. The topological polar surface area (TPSA) is 98.9 Å². The average Bonchev–Trinajstić information content (AvgIpc) is 2.75. The lowest BCUT2D eigenvalue weighted by Gasteiger charge is -2.14. The molecule has 1 heterocycles. The fourth-order valence-corrected chi connectivity index (χ4v) is 2.81. The molecule has 0 saturated carbocycles. The average molecular weight is 445 g/mol. The third-order valence-corrected chi connectivity index (χ3v) is 4.26. The molecule has 0 spiro atoms. The van der Waals surface area contributed by atoms with Crippen molar-refractivity contribution in [2.24, 2.45) is 5.10 Å². The molecule has 0 radical (unpaired) electrons. The van der Waals surface area contributed by atoms with Gasteiger partial charge in [-0.15, -0.1) is 0 Å². The summed E-state index contributed by atoms with van der Waals surface area (Å²) < 4.78 is 24.5. The number of ether oxygens (including phenoxy) is 2. The summed E-state index contributed by atoms with van der Waals surface area (Å²) in [5.74, 6) is 0.831. The number of hydrogen-bond donors (Lipinski definition) is 1. The molecule has 3 rings (SSSR count). The Kier molecular flexibility index (Phi) is 7.34. The van der Waals surface area contributed by atoms with Gasteiger partial charge in [0.15, 0.2) is 11.5 Å². The fraction of sp³-hybridized carbons (Fsp3) is 0.143. The summed E-state index contributed by atoms with van der Waals surface area (Å²) in [5.41, 5.74) is 3.99. The van der Waals surface area contributed by atoms with Crippen molar-refractivity contribution in [1.29, 1.82) is 0 Å². The van der Waals surface area contributed by atoms with Gasteiger partial charge >= 0.3 is 0 Å². The first-order chi connectivity index (χ1) is 15.0. The smallest absolute Gasteiger partial charge is 0.287 e. The van der Waals surface area contributed by atoms with Crippen LogP contribution < -0.4 is 14.9 Å². The molecule has 0 atom stereocenters. The summed E-state index contributed by atoms with van der Waals surface area (Å²) in [6.45, 7) is 2.43. The van der Waals surface area contributed by atoms with Crippen LogP contribution in [0.1, 0.15) is 18.1 Å². The third kappa shape index (κ3) is 6.13. The van der Waals surface area contributed by atoms with E-state index in [0.717, 1.165) is 11.8 Å². The van der Waals surface area contributed by atoms with Gasteiger partial charge in [0.2, 0.25) is 0 Å². The van der Waals surface area contributed by atoms with Crippen LogP contribution in [0.4, 0.5) is 15.9 Å². The zero-order valence-electron chi connectivity index (χ0n) is 16.4. The highest BCUT2D eigenvalue weighted by Gasteiger charge is 2.13. The molecule has 3 aromatic rings. The van der Waals surface area contributed by atoms with Crippen molar-refractivity contribution in [2.45, 2.75) is 13.5 Å². The molecule has 8 nitrogen and oxygen atoms in total. The summed E-state index contributed by atoms with van der Waals surface area (Å²) in [6.07, 6.45) is 2.64. The van der Waals surface area contributed by atoms with Gasteiger partial charge in [0.25, 0.3) is 5.69 Å². The Morgan fingerprint density at radius 2 is 2.00 bits per heavy atom. The first-order valence-corrected chi connectivity index (χ1v) is 9.57. The fourth-order valence-electron chi connectivity index (χ4n) is 2.53. The van der Waals surface area contributed by atoms with Gasteiger partial charge in [-0.05, 0) is 48.4 Å². The van der Waals surface area contributed by atoms with Gasteiger partial charge in [0.05, 0.1) is 22.8 Å². The minimum absolute atomic E-state index is 0.112. The molecule has 0 saturated heterocycles. The molecule has 0 aliphatic carbocycles.